The van der Waals surface area contributed by atoms with E-state index in [1.165, 1.54) is 12.1 Å². The van der Waals surface area contributed by atoms with E-state index in [-0.39, 0.29) is 18.8 Å². The van der Waals surface area contributed by atoms with Crippen molar-refractivity contribution in [3.8, 4) is 6.07 Å². The summed E-state index contributed by atoms with van der Waals surface area (Å²) < 4.78 is 11.1. The summed E-state index contributed by atoms with van der Waals surface area (Å²) in [5, 5.41) is 24.8. The number of nitrogens with one attached hydrogen (secondary N) is 2. The number of aryl methyl sites for hydroxylation is 1. The highest BCUT2D eigenvalue weighted by atomic mass is 16.6. The van der Waals surface area contributed by atoms with E-state index in [1.54, 1.807) is 24.3 Å². The molecule has 1 heterocycles. The fraction of sp³-hybridized carbons (Fsp3) is 0.290. The Balaban J connectivity index is 1.46. The number of anilines is 1. The van der Waals surface area contributed by atoms with Gasteiger partial charge in [0.25, 0.3) is 0 Å². The number of hydrogen-bond donors (Lipinski definition) is 3. The molecular weight excluding hydrogens is 510 g/mol. The molecule has 0 unspecified atom stereocenters. The molecule has 0 radical (unpaired) electrons. The van der Waals surface area contributed by atoms with Crippen molar-refractivity contribution < 1.29 is 29.0 Å². The first-order chi connectivity index (χ1) is 19.1. The number of esters is 1. The molecule has 3 aromatic carbocycles. The number of nitrogens with zero attached hydrogens (tertiary/aromatic N) is 1. The molecule has 0 spiro atoms. The Morgan fingerprint density at radius 1 is 1.07 bits per heavy atom. The molecular formula is C31H31N3O6. The molecule has 1 aliphatic rings. The van der Waals surface area contributed by atoms with E-state index in [0.717, 1.165) is 16.7 Å². The van der Waals surface area contributed by atoms with Gasteiger partial charge in [0.05, 0.1) is 30.4 Å². The second kappa shape index (κ2) is 12.0. The van der Waals surface area contributed by atoms with Crippen LogP contribution in [0.15, 0.2) is 66.7 Å². The average molecular weight is 542 g/mol. The van der Waals surface area contributed by atoms with Gasteiger partial charge in [-0.2, -0.15) is 5.26 Å². The lowest BCUT2D eigenvalue weighted by atomic mass is 9.95. The van der Waals surface area contributed by atoms with Crippen LogP contribution in [-0.2, 0) is 32.9 Å². The first-order valence-electron chi connectivity index (χ1n) is 12.9. The van der Waals surface area contributed by atoms with Crippen molar-refractivity contribution >= 4 is 23.5 Å². The first-order valence-corrected chi connectivity index (χ1v) is 12.9. The molecule has 1 amide bonds. The van der Waals surface area contributed by atoms with E-state index in [2.05, 4.69) is 10.6 Å². The summed E-state index contributed by atoms with van der Waals surface area (Å²) in [4.78, 5) is 37.0. The van der Waals surface area contributed by atoms with Gasteiger partial charge in [0.1, 0.15) is 17.7 Å². The summed E-state index contributed by atoms with van der Waals surface area (Å²) in [5.41, 5.74) is 3.83. The molecule has 40 heavy (non-hydrogen) atoms. The second-order valence-corrected chi connectivity index (χ2v) is 10.3. The van der Waals surface area contributed by atoms with Gasteiger partial charge in [0.15, 0.2) is 0 Å². The Labute approximate surface area is 232 Å². The smallest absolute Gasteiger partial charge is 0.339 e. The fourth-order valence-corrected chi connectivity index (χ4v) is 4.63. The molecule has 0 aliphatic carbocycles. The number of hydrogen-bond acceptors (Lipinski definition) is 7. The lowest BCUT2D eigenvalue weighted by Crippen LogP contribution is -2.46. The number of fused-ring (bicyclic) bond motifs is 1. The molecule has 206 valence electrons. The predicted octanol–water partition coefficient (Wildman–Crippen LogP) is 4.35. The predicted molar refractivity (Wildman–Crippen MR) is 148 cm³/mol. The van der Waals surface area contributed by atoms with Gasteiger partial charge in [0, 0.05) is 17.7 Å². The van der Waals surface area contributed by atoms with Crippen LogP contribution >= 0.6 is 0 Å². The summed E-state index contributed by atoms with van der Waals surface area (Å²) in [7, 11) is 0. The minimum atomic E-state index is -1.04. The number of amides is 1. The second-order valence-electron chi connectivity index (χ2n) is 10.3. The number of carbonyl (C=O) groups is 3. The standard InChI is InChI=1S/C31H31N3O6/c1-19-6-4-7-20(12-19)14-27(33-23-10-11-26-25(15-23)30(38)40-31(26,2)3)28(35)34-24(16-32)18-39-17-21-8-5-9-22(13-21)29(36)37/h4-13,15,24,27,33H,14,17-18H2,1-3H3,(H,34,35)(H,36,37)/t24-,27+/m1/s1. The topological polar surface area (TPSA) is 138 Å². The van der Waals surface area contributed by atoms with Gasteiger partial charge in [-0.15, -0.1) is 0 Å². The Hall–Kier alpha value is -4.68. The Kier molecular flexibility index (Phi) is 8.51. The quantitative estimate of drug-likeness (QED) is 0.305. The van der Waals surface area contributed by atoms with Gasteiger partial charge in [-0.05, 0) is 56.2 Å². The van der Waals surface area contributed by atoms with Crippen LogP contribution in [0.4, 0.5) is 5.69 Å². The third kappa shape index (κ3) is 6.84. The van der Waals surface area contributed by atoms with Crippen LogP contribution in [0, 0.1) is 18.3 Å². The summed E-state index contributed by atoms with van der Waals surface area (Å²) in [6.07, 6.45) is 0.335. The molecule has 0 saturated heterocycles. The van der Waals surface area contributed by atoms with Crippen molar-refractivity contribution in [1.82, 2.24) is 5.32 Å². The van der Waals surface area contributed by atoms with Gasteiger partial charge in [-0.3, -0.25) is 4.79 Å². The first kappa shape index (κ1) is 28.3. The van der Waals surface area contributed by atoms with Crippen molar-refractivity contribution in [2.75, 3.05) is 11.9 Å². The van der Waals surface area contributed by atoms with E-state index in [9.17, 15) is 19.6 Å². The number of aromatic carboxylic acids is 1. The molecule has 0 saturated carbocycles. The third-order valence-corrected chi connectivity index (χ3v) is 6.62. The molecule has 3 N–H and O–H groups in total. The van der Waals surface area contributed by atoms with E-state index in [0.29, 0.717) is 23.2 Å². The zero-order chi connectivity index (χ0) is 28.9. The Morgan fingerprint density at radius 3 is 2.55 bits per heavy atom. The minimum absolute atomic E-state index is 0.0850. The van der Waals surface area contributed by atoms with Gasteiger partial charge >= 0.3 is 11.9 Å². The van der Waals surface area contributed by atoms with Crippen molar-refractivity contribution in [3.05, 3.63) is 100 Å². The number of nitriles is 1. The Morgan fingerprint density at radius 2 is 1.82 bits per heavy atom. The third-order valence-electron chi connectivity index (χ3n) is 6.62. The number of carboxylic acid groups (broad SMARTS) is 1. The lowest BCUT2D eigenvalue weighted by Gasteiger charge is -2.22. The molecule has 1 aliphatic heterocycles. The number of cyclic esters (lactones) is 1. The van der Waals surface area contributed by atoms with E-state index in [1.807, 2.05) is 57.2 Å². The summed E-state index contributed by atoms with van der Waals surface area (Å²) >= 11 is 0. The minimum Gasteiger partial charge on any atom is -0.478 e. The van der Waals surface area contributed by atoms with Crippen LogP contribution in [0.1, 0.15) is 56.8 Å². The van der Waals surface area contributed by atoms with Crippen LogP contribution in [0.2, 0.25) is 0 Å². The number of rotatable bonds is 11. The number of carboxylic acids is 1. The number of ether oxygens (including phenoxy) is 2. The van der Waals surface area contributed by atoms with Crippen LogP contribution in [0.25, 0.3) is 0 Å². The monoisotopic (exact) mass is 541 g/mol. The van der Waals surface area contributed by atoms with Gasteiger partial charge in [-0.1, -0.05) is 48.0 Å². The SMILES string of the molecule is Cc1cccc(C[C@H](Nc2ccc3c(c2)C(=O)OC3(C)C)C(=O)N[C@H](C#N)COCc2cccc(C(=O)O)c2)c1. The van der Waals surface area contributed by atoms with Crippen LogP contribution in [0.3, 0.4) is 0 Å². The van der Waals surface area contributed by atoms with Crippen molar-refractivity contribution in [2.24, 2.45) is 0 Å². The van der Waals surface area contributed by atoms with Crippen LogP contribution < -0.4 is 10.6 Å². The van der Waals surface area contributed by atoms with Crippen molar-refractivity contribution in [2.45, 2.75) is 51.5 Å². The largest absolute Gasteiger partial charge is 0.478 e. The molecule has 9 nitrogen and oxygen atoms in total. The lowest BCUT2D eigenvalue weighted by molar-refractivity contribution is -0.122. The Bertz CT molecular complexity index is 1480. The maximum atomic E-state index is 13.4. The van der Waals surface area contributed by atoms with Gasteiger partial charge in [-0.25, -0.2) is 9.59 Å². The van der Waals surface area contributed by atoms with E-state index in [4.69, 9.17) is 14.6 Å². The highest BCUT2D eigenvalue weighted by Crippen LogP contribution is 2.37. The van der Waals surface area contributed by atoms with E-state index < -0.39 is 35.5 Å². The van der Waals surface area contributed by atoms with Crippen molar-refractivity contribution in [3.63, 3.8) is 0 Å². The zero-order valence-electron chi connectivity index (χ0n) is 22.6. The molecule has 0 bridgehead atoms. The van der Waals surface area contributed by atoms with E-state index >= 15 is 0 Å². The molecule has 9 heteroatoms. The van der Waals surface area contributed by atoms with Crippen LogP contribution in [0.5, 0.6) is 0 Å². The summed E-state index contributed by atoms with van der Waals surface area (Å²) in [5.74, 6) is -1.87. The summed E-state index contributed by atoms with van der Waals surface area (Å²) in [6.45, 7) is 5.61. The number of benzene rings is 3. The van der Waals surface area contributed by atoms with Crippen LogP contribution in [-0.4, -0.2) is 41.6 Å². The van der Waals surface area contributed by atoms with Gasteiger partial charge in [0.2, 0.25) is 5.91 Å². The maximum Gasteiger partial charge on any atom is 0.339 e. The fourth-order valence-electron chi connectivity index (χ4n) is 4.63. The normalized spacial score (nSPS) is 14.8. The highest BCUT2D eigenvalue weighted by molar-refractivity contribution is 5.96. The van der Waals surface area contributed by atoms with Crippen molar-refractivity contribution in [1.29, 1.82) is 5.26 Å². The molecule has 4 rings (SSSR count). The average Bonchev–Trinajstić information content (AvgIpc) is 3.15. The maximum absolute atomic E-state index is 13.4. The summed E-state index contributed by atoms with van der Waals surface area (Å²) in [6, 6.07) is 19.8. The highest BCUT2D eigenvalue weighted by Gasteiger charge is 2.37. The molecule has 3 aromatic rings. The molecule has 0 aromatic heterocycles. The molecule has 2 atom stereocenters. The molecule has 0 fully saturated rings. The number of carbonyl (C=O) groups excluding carboxylic acids is 2. The zero-order valence-corrected chi connectivity index (χ0v) is 22.6. The van der Waals surface area contributed by atoms with Gasteiger partial charge < -0.3 is 25.2 Å².